The van der Waals surface area contributed by atoms with E-state index in [2.05, 4.69) is 31.6 Å². The van der Waals surface area contributed by atoms with Gasteiger partial charge in [0, 0.05) is 16.1 Å². The zero-order chi connectivity index (χ0) is 26.5. The second-order valence-corrected chi connectivity index (χ2v) is 8.32. The number of aromatic hydroxyl groups is 1. The van der Waals surface area contributed by atoms with Gasteiger partial charge in [0.05, 0.1) is 34.7 Å². The topological polar surface area (TPSA) is 180 Å². The second kappa shape index (κ2) is 11.3. The van der Waals surface area contributed by atoms with E-state index in [9.17, 15) is 32.7 Å². The third-order valence-electron chi connectivity index (χ3n) is 4.32. The molecule has 2 aromatic carbocycles. The van der Waals surface area contributed by atoms with E-state index in [4.69, 9.17) is 28.2 Å². The molecule has 0 aromatic heterocycles. The third-order valence-corrected chi connectivity index (χ3v) is 5.14. The van der Waals surface area contributed by atoms with Gasteiger partial charge in [-0.3, -0.25) is 14.4 Å². The van der Waals surface area contributed by atoms with Gasteiger partial charge in [0.2, 0.25) is 5.91 Å². The van der Waals surface area contributed by atoms with Crippen LogP contribution in [0, 0.1) is 0 Å². The largest absolute Gasteiger partial charge is 0.506 e. The molecule has 0 aliphatic rings. The number of aliphatic imine (C=N–C) groups is 1. The summed E-state index contributed by atoms with van der Waals surface area (Å²) < 4.78 is 39.7. The Bertz CT molecular complexity index is 1190. The zero-order valence-corrected chi connectivity index (χ0v) is 19.8. The van der Waals surface area contributed by atoms with E-state index in [-0.39, 0.29) is 26.5 Å². The van der Waals surface area contributed by atoms with Crippen molar-refractivity contribution in [1.82, 2.24) is 10.6 Å². The Morgan fingerprint density at radius 2 is 1.80 bits per heavy atom. The Hall–Kier alpha value is -3.52. The van der Waals surface area contributed by atoms with E-state index in [1.165, 1.54) is 12.1 Å². The van der Waals surface area contributed by atoms with Crippen molar-refractivity contribution in [3.63, 3.8) is 0 Å². The predicted molar refractivity (Wildman–Crippen MR) is 123 cm³/mol. The molecule has 2 rings (SSSR count). The Balaban J connectivity index is 2.21. The van der Waals surface area contributed by atoms with Crippen LogP contribution in [0.5, 0.6) is 5.75 Å². The monoisotopic (exact) mass is 579 g/mol. The van der Waals surface area contributed by atoms with Crippen molar-refractivity contribution in [2.75, 3.05) is 6.54 Å². The molecule has 0 fully saturated rings. The molecule has 2 aromatic rings. The van der Waals surface area contributed by atoms with Gasteiger partial charge in [-0.25, -0.2) is 4.99 Å². The average Bonchev–Trinajstić information content (AvgIpc) is 2.72. The number of phenolic OH excluding ortho intramolecular Hbond substituents is 1. The van der Waals surface area contributed by atoms with Crippen LogP contribution in [0.1, 0.15) is 33.9 Å². The van der Waals surface area contributed by atoms with Crippen LogP contribution >= 0.6 is 27.5 Å². The van der Waals surface area contributed by atoms with Gasteiger partial charge in [0.25, 0.3) is 5.91 Å². The highest BCUT2D eigenvalue weighted by atomic mass is 79.9. The number of carbonyl (C=O) groups is 3. The lowest BCUT2D eigenvalue weighted by Crippen LogP contribution is -2.39. The smallest absolute Gasteiger partial charge is 0.416 e. The van der Waals surface area contributed by atoms with Gasteiger partial charge < -0.3 is 32.3 Å². The minimum Gasteiger partial charge on any atom is -0.506 e. The van der Waals surface area contributed by atoms with Gasteiger partial charge in [-0.05, 0) is 46.3 Å². The molecule has 0 spiro atoms. The maximum atomic E-state index is 13.2. The standard InChI is InChI=1S/C20H18BrClF3N5O5/c21-13-5-10(22)4-12(17(13)34)14(6-16(32)33)30-15(31)7-28-18(35)8-1-9(20(23,24)25)3-11(2-8)29-19(26)27/h1-5,14,34H,6-7H2,(H,28,35)(H,30,31)(H,32,33)(H4,26,27,29). The molecule has 0 heterocycles. The number of rotatable bonds is 8. The summed E-state index contributed by atoms with van der Waals surface area (Å²) in [6, 6.07) is 3.53. The molecule has 0 saturated carbocycles. The first kappa shape index (κ1) is 27.7. The molecule has 1 unspecified atom stereocenters. The van der Waals surface area contributed by atoms with Crippen molar-refractivity contribution >= 4 is 57.0 Å². The lowest BCUT2D eigenvalue weighted by molar-refractivity contribution is -0.138. The Morgan fingerprint density at radius 3 is 2.37 bits per heavy atom. The normalized spacial score (nSPS) is 11.9. The summed E-state index contributed by atoms with van der Waals surface area (Å²) in [4.78, 5) is 39.6. The van der Waals surface area contributed by atoms with Gasteiger partial charge in [-0.15, -0.1) is 0 Å². The van der Waals surface area contributed by atoms with Gasteiger partial charge in [0.1, 0.15) is 5.75 Å². The number of carboxylic acids is 1. The van der Waals surface area contributed by atoms with E-state index >= 15 is 0 Å². The highest BCUT2D eigenvalue weighted by Gasteiger charge is 2.32. The molecule has 188 valence electrons. The molecule has 15 heteroatoms. The van der Waals surface area contributed by atoms with Crippen LogP contribution in [0.2, 0.25) is 5.02 Å². The van der Waals surface area contributed by atoms with Crippen molar-refractivity contribution in [2.24, 2.45) is 16.5 Å². The van der Waals surface area contributed by atoms with Crippen molar-refractivity contribution < 1.29 is 37.8 Å². The molecule has 1 atom stereocenters. The fraction of sp³-hybridized carbons (Fsp3) is 0.200. The van der Waals surface area contributed by atoms with Crippen LogP contribution in [0.3, 0.4) is 0 Å². The number of nitrogens with two attached hydrogens (primary N) is 2. The fourth-order valence-corrected chi connectivity index (χ4v) is 3.73. The Morgan fingerprint density at radius 1 is 1.14 bits per heavy atom. The number of hydrogen-bond donors (Lipinski definition) is 6. The first-order valence-electron chi connectivity index (χ1n) is 9.46. The number of amides is 2. The highest BCUT2D eigenvalue weighted by molar-refractivity contribution is 9.10. The molecular weight excluding hydrogens is 563 g/mol. The number of alkyl halides is 3. The molecule has 0 aliphatic carbocycles. The minimum atomic E-state index is -4.81. The average molecular weight is 581 g/mol. The number of aliphatic carboxylic acids is 1. The summed E-state index contributed by atoms with van der Waals surface area (Å²) in [6.45, 7) is -0.731. The van der Waals surface area contributed by atoms with Crippen LogP contribution in [-0.2, 0) is 15.8 Å². The van der Waals surface area contributed by atoms with Crippen LogP contribution in [0.4, 0.5) is 18.9 Å². The van der Waals surface area contributed by atoms with Crippen LogP contribution < -0.4 is 22.1 Å². The Kier molecular flexibility index (Phi) is 8.93. The van der Waals surface area contributed by atoms with E-state index in [1.807, 2.05) is 0 Å². The van der Waals surface area contributed by atoms with Crippen molar-refractivity contribution in [2.45, 2.75) is 18.6 Å². The van der Waals surface area contributed by atoms with Gasteiger partial charge in [-0.2, -0.15) is 13.2 Å². The zero-order valence-electron chi connectivity index (χ0n) is 17.5. The van der Waals surface area contributed by atoms with Gasteiger partial charge in [0.15, 0.2) is 5.96 Å². The van der Waals surface area contributed by atoms with E-state index in [1.54, 1.807) is 0 Å². The third kappa shape index (κ3) is 8.03. The van der Waals surface area contributed by atoms with Gasteiger partial charge >= 0.3 is 12.1 Å². The number of nitrogens with one attached hydrogen (secondary N) is 2. The predicted octanol–water partition coefficient (Wildman–Crippen LogP) is 2.79. The number of carbonyl (C=O) groups excluding carboxylic acids is 2. The summed E-state index contributed by atoms with van der Waals surface area (Å²) in [5.74, 6) is -4.15. The quantitative estimate of drug-likeness (QED) is 0.205. The van der Waals surface area contributed by atoms with Crippen molar-refractivity contribution in [3.05, 3.63) is 56.5 Å². The number of guanidine groups is 1. The molecule has 2 amide bonds. The van der Waals surface area contributed by atoms with E-state index < -0.39 is 60.1 Å². The van der Waals surface area contributed by atoms with Crippen LogP contribution in [0.25, 0.3) is 0 Å². The number of phenols is 1. The molecule has 0 aliphatic heterocycles. The van der Waals surface area contributed by atoms with Crippen LogP contribution in [0.15, 0.2) is 39.8 Å². The summed E-state index contributed by atoms with van der Waals surface area (Å²) in [7, 11) is 0. The van der Waals surface area contributed by atoms with E-state index in [0.29, 0.717) is 12.1 Å². The lowest BCUT2D eigenvalue weighted by Gasteiger charge is -2.20. The first-order valence-corrected chi connectivity index (χ1v) is 10.6. The molecule has 8 N–H and O–H groups in total. The fourth-order valence-electron chi connectivity index (χ4n) is 2.89. The second-order valence-electron chi connectivity index (χ2n) is 7.03. The SMILES string of the molecule is NC(N)=Nc1cc(C(=O)NCC(=O)NC(CC(=O)O)c2cc(Cl)cc(Br)c2O)cc(C(F)(F)F)c1. The van der Waals surface area contributed by atoms with E-state index in [0.717, 1.165) is 6.07 Å². The number of halogens is 5. The maximum Gasteiger partial charge on any atom is 0.416 e. The minimum absolute atomic E-state index is 0.00814. The Labute approximate surface area is 209 Å². The number of benzene rings is 2. The maximum absolute atomic E-state index is 13.2. The summed E-state index contributed by atoms with van der Waals surface area (Å²) >= 11 is 8.99. The molecule has 35 heavy (non-hydrogen) atoms. The molecular formula is C20H18BrClF3N5O5. The number of hydrogen-bond acceptors (Lipinski definition) is 5. The molecule has 0 saturated heterocycles. The van der Waals surface area contributed by atoms with Crippen molar-refractivity contribution in [3.8, 4) is 5.75 Å². The first-order chi connectivity index (χ1) is 16.2. The molecule has 0 bridgehead atoms. The summed E-state index contributed by atoms with van der Waals surface area (Å²) in [5, 5.41) is 24.0. The number of carboxylic acid groups (broad SMARTS) is 1. The lowest BCUT2D eigenvalue weighted by atomic mass is 10.0. The molecule has 10 nitrogen and oxygen atoms in total. The number of nitrogens with zero attached hydrogens (tertiary/aromatic N) is 1. The molecule has 0 radical (unpaired) electrons. The summed E-state index contributed by atoms with van der Waals surface area (Å²) in [6.07, 6.45) is -5.45. The van der Waals surface area contributed by atoms with Gasteiger partial charge in [-0.1, -0.05) is 11.6 Å². The highest BCUT2D eigenvalue weighted by Crippen LogP contribution is 2.36. The van der Waals surface area contributed by atoms with Crippen LogP contribution in [-0.4, -0.2) is 40.5 Å². The van der Waals surface area contributed by atoms with Crippen molar-refractivity contribution in [1.29, 1.82) is 0 Å². The summed E-state index contributed by atoms with van der Waals surface area (Å²) in [5.41, 5.74) is 8.36.